The Balaban J connectivity index is 2.20. The van der Waals surface area contributed by atoms with Crippen molar-refractivity contribution in [2.75, 3.05) is 18.5 Å². The fraction of sp³-hybridized carbons (Fsp3) is 0.538. The standard InChI is InChI=1S/C13H19BrN2/c1-3-15-9-10-8-11(14)4-7-13(10)16(2)12-5-6-12/h4,7-8,12,15H,3,5-6,9H2,1-2H3. The lowest BCUT2D eigenvalue weighted by Crippen LogP contribution is -2.22. The Morgan fingerprint density at radius 1 is 1.44 bits per heavy atom. The fourth-order valence-electron chi connectivity index (χ4n) is 1.96. The third-order valence-corrected chi connectivity index (χ3v) is 3.57. The Labute approximate surface area is 106 Å². The first kappa shape index (κ1) is 11.9. The van der Waals surface area contributed by atoms with Crippen molar-refractivity contribution in [3.8, 4) is 0 Å². The van der Waals surface area contributed by atoms with Crippen LogP contribution >= 0.6 is 15.9 Å². The molecule has 1 aliphatic rings. The zero-order valence-corrected chi connectivity index (χ0v) is 11.5. The highest BCUT2D eigenvalue weighted by Crippen LogP contribution is 2.33. The molecule has 1 aliphatic carbocycles. The minimum absolute atomic E-state index is 0.765. The van der Waals surface area contributed by atoms with Crippen LogP contribution in [0.4, 0.5) is 5.69 Å². The third kappa shape index (κ3) is 2.77. The number of hydrogen-bond donors (Lipinski definition) is 1. The molecule has 1 fully saturated rings. The van der Waals surface area contributed by atoms with Crippen LogP contribution in [0, 0.1) is 0 Å². The summed E-state index contributed by atoms with van der Waals surface area (Å²) in [5.41, 5.74) is 2.75. The van der Waals surface area contributed by atoms with Crippen LogP contribution in [-0.2, 0) is 6.54 Å². The van der Waals surface area contributed by atoms with Gasteiger partial charge in [0.05, 0.1) is 0 Å². The van der Waals surface area contributed by atoms with Gasteiger partial charge in [-0.15, -0.1) is 0 Å². The molecule has 88 valence electrons. The van der Waals surface area contributed by atoms with E-state index in [1.807, 2.05) is 0 Å². The highest BCUT2D eigenvalue weighted by molar-refractivity contribution is 9.10. The summed E-state index contributed by atoms with van der Waals surface area (Å²) >= 11 is 3.54. The summed E-state index contributed by atoms with van der Waals surface area (Å²) in [6.07, 6.45) is 2.68. The summed E-state index contributed by atoms with van der Waals surface area (Å²) < 4.78 is 1.16. The first-order chi connectivity index (χ1) is 7.72. The van der Waals surface area contributed by atoms with Crippen molar-refractivity contribution in [2.45, 2.75) is 32.4 Å². The predicted molar refractivity (Wildman–Crippen MR) is 72.9 cm³/mol. The molecule has 0 aromatic heterocycles. The van der Waals surface area contributed by atoms with Gasteiger partial charge in [-0.3, -0.25) is 0 Å². The maximum absolute atomic E-state index is 3.54. The second kappa shape index (κ2) is 5.19. The van der Waals surface area contributed by atoms with Crippen molar-refractivity contribution in [2.24, 2.45) is 0 Å². The number of benzene rings is 1. The summed E-state index contributed by atoms with van der Waals surface area (Å²) in [5.74, 6) is 0. The Kier molecular flexibility index (Phi) is 3.87. The van der Waals surface area contributed by atoms with Crippen molar-refractivity contribution >= 4 is 21.6 Å². The Bertz CT molecular complexity index is 361. The molecule has 2 rings (SSSR count). The number of anilines is 1. The molecule has 1 saturated carbocycles. The summed E-state index contributed by atoms with van der Waals surface area (Å²) in [7, 11) is 2.20. The predicted octanol–water partition coefficient (Wildman–Crippen LogP) is 3.16. The van der Waals surface area contributed by atoms with Crippen LogP contribution in [-0.4, -0.2) is 19.6 Å². The lowest BCUT2D eigenvalue weighted by molar-refractivity contribution is 0.722. The van der Waals surface area contributed by atoms with Crippen molar-refractivity contribution in [3.05, 3.63) is 28.2 Å². The molecule has 1 aromatic carbocycles. The average molecular weight is 283 g/mol. The molecule has 16 heavy (non-hydrogen) atoms. The van der Waals surface area contributed by atoms with E-state index >= 15 is 0 Å². The minimum atomic E-state index is 0.765. The van der Waals surface area contributed by atoms with Gasteiger partial charge in [0.25, 0.3) is 0 Å². The van der Waals surface area contributed by atoms with Gasteiger partial charge in [0.2, 0.25) is 0 Å². The minimum Gasteiger partial charge on any atom is -0.371 e. The van der Waals surface area contributed by atoms with E-state index in [1.165, 1.54) is 24.1 Å². The van der Waals surface area contributed by atoms with E-state index in [0.717, 1.165) is 23.6 Å². The Hall–Kier alpha value is -0.540. The van der Waals surface area contributed by atoms with Gasteiger partial charge in [0.15, 0.2) is 0 Å². The van der Waals surface area contributed by atoms with E-state index in [0.29, 0.717) is 0 Å². The molecule has 0 spiro atoms. The Morgan fingerprint density at radius 2 is 2.19 bits per heavy atom. The van der Waals surface area contributed by atoms with Gasteiger partial charge < -0.3 is 10.2 Å². The molecule has 0 saturated heterocycles. The maximum atomic E-state index is 3.54. The van der Waals surface area contributed by atoms with Crippen LogP contribution < -0.4 is 10.2 Å². The Morgan fingerprint density at radius 3 is 2.81 bits per heavy atom. The molecular formula is C13H19BrN2. The molecule has 2 nitrogen and oxygen atoms in total. The highest BCUT2D eigenvalue weighted by Gasteiger charge is 2.27. The maximum Gasteiger partial charge on any atom is 0.0412 e. The van der Waals surface area contributed by atoms with Crippen LogP contribution in [0.2, 0.25) is 0 Å². The molecule has 0 unspecified atom stereocenters. The average Bonchev–Trinajstić information content (AvgIpc) is 3.09. The lowest BCUT2D eigenvalue weighted by Gasteiger charge is -2.22. The van der Waals surface area contributed by atoms with Crippen molar-refractivity contribution in [1.82, 2.24) is 5.32 Å². The molecule has 0 aliphatic heterocycles. The van der Waals surface area contributed by atoms with Crippen LogP contribution in [0.3, 0.4) is 0 Å². The monoisotopic (exact) mass is 282 g/mol. The van der Waals surface area contributed by atoms with E-state index in [9.17, 15) is 0 Å². The summed E-state index contributed by atoms with van der Waals surface area (Å²) in [4.78, 5) is 2.42. The zero-order valence-electron chi connectivity index (χ0n) is 9.96. The first-order valence-electron chi connectivity index (χ1n) is 5.94. The number of rotatable bonds is 5. The molecule has 1 N–H and O–H groups in total. The van der Waals surface area contributed by atoms with E-state index in [1.54, 1.807) is 0 Å². The van der Waals surface area contributed by atoms with Crippen molar-refractivity contribution in [1.29, 1.82) is 0 Å². The second-order valence-electron chi connectivity index (χ2n) is 4.40. The van der Waals surface area contributed by atoms with Gasteiger partial charge in [-0.25, -0.2) is 0 Å². The van der Waals surface area contributed by atoms with Crippen LogP contribution in [0.1, 0.15) is 25.3 Å². The van der Waals surface area contributed by atoms with Crippen LogP contribution in [0.25, 0.3) is 0 Å². The molecule has 0 bridgehead atoms. The number of hydrogen-bond acceptors (Lipinski definition) is 2. The quantitative estimate of drug-likeness (QED) is 0.893. The molecule has 0 radical (unpaired) electrons. The largest absolute Gasteiger partial charge is 0.371 e. The van der Waals surface area contributed by atoms with Crippen molar-refractivity contribution < 1.29 is 0 Å². The molecule has 1 aromatic rings. The van der Waals surface area contributed by atoms with E-state index in [2.05, 4.69) is 58.3 Å². The SMILES string of the molecule is CCNCc1cc(Br)ccc1N(C)C1CC1. The number of nitrogens with zero attached hydrogens (tertiary/aromatic N) is 1. The molecule has 0 heterocycles. The topological polar surface area (TPSA) is 15.3 Å². The van der Waals surface area contributed by atoms with E-state index in [-0.39, 0.29) is 0 Å². The molecule has 3 heteroatoms. The smallest absolute Gasteiger partial charge is 0.0412 e. The lowest BCUT2D eigenvalue weighted by atomic mass is 10.1. The summed E-state index contributed by atoms with van der Waals surface area (Å²) in [6, 6.07) is 7.33. The van der Waals surface area contributed by atoms with E-state index in [4.69, 9.17) is 0 Å². The fourth-order valence-corrected chi connectivity index (χ4v) is 2.37. The van der Waals surface area contributed by atoms with Gasteiger partial charge in [-0.1, -0.05) is 22.9 Å². The third-order valence-electron chi connectivity index (χ3n) is 3.08. The molecule has 0 amide bonds. The summed E-state index contributed by atoms with van der Waals surface area (Å²) in [6.45, 7) is 4.10. The number of nitrogens with one attached hydrogen (secondary N) is 1. The van der Waals surface area contributed by atoms with Crippen LogP contribution in [0.5, 0.6) is 0 Å². The van der Waals surface area contributed by atoms with Gasteiger partial charge >= 0.3 is 0 Å². The zero-order chi connectivity index (χ0) is 11.5. The van der Waals surface area contributed by atoms with Crippen molar-refractivity contribution in [3.63, 3.8) is 0 Å². The first-order valence-corrected chi connectivity index (χ1v) is 6.73. The summed E-state index contributed by atoms with van der Waals surface area (Å²) in [5, 5.41) is 3.40. The number of halogens is 1. The van der Waals surface area contributed by atoms with Gasteiger partial charge in [0.1, 0.15) is 0 Å². The van der Waals surface area contributed by atoms with Gasteiger partial charge in [-0.05, 0) is 43.1 Å². The van der Waals surface area contributed by atoms with Gasteiger partial charge in [0, 0.05) is 29.8 Å². The second-order valence-corrected chi connectivity index (χ2v) is 5.31. The van der Waals surface area contributed by atoms with Crippen LogP contribution in [0.15, 0.2) is 22.7 Å². The molecule has 0 atom stereocenters. The highest BCUT2D eigenvalue weighted by atomic mass is 79.9. The van der Waals surface area contributed by atoms with Gasteiger partial charge in [-0.2, -0.15) is 0 Å². The van der Waals surface area contributed by atoms with E-state index < -0.39 is 0 Å². The normalized spacial score (nSPS) is 15.2. The molecular weight excluding hydrogens is 264 g/mol.